The van der Waals surface area contributed by atoms with Crippen molar-refractivity contribution in [2.75, 3.05) is 20.1 Å². The van der Waals surface area contributed by atoms with Gasteiger partial charge in [-0.2, -0.15) is 4.31 Å². The van der Waals surface area contributed by atoms with Gasteiger partial charge in [0.2, 0.25) is 10.0 Å². The average molecular weight is 365 g/mol. The highest BCUT2D eigenvalue weighted by atomic mass is 35.5. The second-order valence-electron chi connectivity index (χ2n) is 5.79. The Balaban J connectivity index is 0.00000264. The molecule has 0 aliphatic carbocycles. The van der Waals surface area contributed by atoms with Crippen LogP contribution in [0.4, 0.5) is 0 Å². The molecule has 1 aliphatic rings. The lowest BCUT2D eigenvalue weighted by molar-refractivity contribution is 0.0955. The van der Waals surface area contributed by atoms with Crippen molar-refractivity contribution in [1.29, 1.82) is 0 Å². The molecule has 0 bridgehead atoms. The summed E-state index contributed by atoms with van der Waals surface area (Å²) < 4.78 is 28.8. The third-order valence-corrected chi connectivity index (χ3v) is 6.24. The van der Waals surface area contributed by atoms with Gasteiger partial charge < -0.3 is 15.6 Å². The van der Waals surface area contributed by atoms with E-state index in [2.05, 4.69) is 5.32 Å². The van der Waals surface area contributed by atoms with Gasteiger partial charge in [0, 0.05) is 39.4 Å². The predicted octanol–water partition coefficient (Wildman–Crippen LogP) is 0.554. The lowest BCUT2D eigenvalue weighted by atomic mass is 9.93. The molecule has 23 heavy (non-hydrogen) atoms. The summed E-state index contributed by atoms with van der Waals surface area (Å²) in [6.07, 6.45) is 3.28. The lowest BCUT2D eigenvalue weighted by Crippen LogP contribution is -2.51. The van der Waals surface area contributed by atoms with Crippen LogP contribution in [0.3, 0.4) is 0 Å². The number of hydrogen-bond donors (Lipinski definition) is 2. The molecule has 2 atom stereocenters. The third-order valence-electron chi connectivity index (χ3n) is 4.35. The minimum Gasteiger partial charge on any atom is -0.354 e. The van der Waals surface area contributed by atoms with Gasteiger partial charge in [0.25, 0.3) is 5.91 Å². The molecule has 7 nitrogen and oxygen atoms in total. The molecular formula is C14H25ClN4O3S. The van der Waals surface area contributed by atoms with E-state index in [1.807, 2.05) is 6.92 Å². The number of sulfonamides is 1. The number of rotatable bonds is 4. The number of nitrogens with zero attached hydrogens (tertiary/aromatic N) is 2. The minimum atomic E-state index is -3.65. The standard InChI is InChI=1S/C14H24N4O3S.ClH/c1-10-5-4-6-18(13(10)8-15)22(20,21)11-7-12(14(19)16-2)17(3)9-11;/h7,9-10,13H,4-6,8,15H2,1-3H3,(H,16,19);1H. The maximum absolute atomic E-state index is 12.9. The molecule has 0 saturated carbocycles. The zero-order chi connectivity index (χ0) is 16.5. The van der Waals surface area contributed by atoms with E-state index in [0.29, 0.717) is 18.8 Å². The van der Waals surface area contributed by atoms with E-state index < -0.39 is 10.0 Å². The van der Waals surface area contributed by atoms with Crippen LogP contribution in [0.25, 0.3) is 0 Å². The summed E-state index contributed by atoms with van der Waals surface area (Å²) >= 11 is 0. The minimum absolute atomic E-state index is 0. The highest BCUT2D eigenvalue weighted by molar-refractivity contribution is 7.89. The number of aryl methyl sites for hydroxylation is 1. The van der Waals surface area contributed by atoms with Crippen LogP contribution in [0.15, 0.2) is 17.2 Å². The van der Waals surface area contributed by atoms with Crippen molar-refractivity contribution < 1.29 is 13.2 Å². The Labute approximate surface area is 143 Å². The van der Waals surface area contributed by atoms with Crippen LogP contribution in [0.5, 0.6) is 0 Å². The van der Waals surface area contributed by atoms with Crippen molar-refractivity contribution in [2.45, 2.75) is 30.7 Å². The second-order valence-corrected chi connectivity index (χ2v) is 7.68. The van der Waals surface area contributed by atoms with Gasteiger partial charge in [-0.25, -0.2) is 8.42 Å². The molecule has 1 saturated heterocycles. The fraction of sp³-hybridized carbons (Fsp3) is 0.643. The van der Waals surface area contributed by atoms with Crippen molar-refractivity contribution in [3.05, 3.63) is 18.0 Å². The van der Waals surface area contributed by atoms with Crippen LogP contribution < -0.4 is 11.1 Å². The van der Waals surface area contributed by atoms with Crippen LogP contribution in [0.2, 0.25) is 0 Å². The summed E-state index contributed by atoms with van der Waals surface area (Å²) in [6, 6.07) is 1.23. The molecule has 0 radical (unpaired) electrons. The molecule has 1 aromatic heterocycles. The van der Waals surface area contributed by atoms with Gasteiger partial charge >= 0.3 is 0 Å². The maximum atomic E-state index is 12.9. The van der Waals surface area contributed by atoms with Crippen molar-refractivity contribution in [3.63, 3.8) is 0 Å². The summed E-state index contributed by atoms with van der Waals surface area (Å²) in [5, 5.41) is 2.51. The molecule has 1 aliphatic heterocycles. The number of halogens is 1. The first kappa shape index (κ1) is 20.0. The molecule has 1 fully saturated rings. The topological polar surface area (TPSA) is 97.4 Å². The van der Waals surface area contributed by atoms with Gasteiger partial charge in [0.15, 0.2) is 0 Å². The summed E-state index contributed by atoms with van der Waals surface area (Å²) in [5.41, 5.74) is 6.10. The first-order chi connectivity index (χ1) is 10.3. The second kappa shape index (κ2) is 7.65. The van der Waals surface area contributed by atoms with Gasteiger partial charge in [0.05, 0.1) is 0 Å². The van der Waals surface area contributed by atoms with Gasteiger partial charge in [-0.15, -0.1) is 12.4 Å². The van der Waals surface area contributed by atoms with Crippen molar-refractivity contribution in [1.82, 2.24) is 14.2 Å². The highest BCUT2D eigenvalue weighted by Gasteiger charge is 2.37. The molecule has 0 aromatic carbocycles. The van der Waals surface area contributed by atoms with E-state index in [9.17, 15) is 13.2 Å². The van der Waals surface area contributed by atoms with E-state index in [-0.39, 0.29) is 35.2 Å². The number of carbonyl (C=O) groups excluding carboxylic acids is 1. The number of nitrogens with one attached hydrogen (secondary N) is 1. The van der Waals surface area contributed by atoms with Crippen LogP contribution in [-0.2, 0) is 17.1 Å². The molecule has 9 heteroatoms. The van der Waals surface area contributed by atoms with Crippen LogP contribution in [0.1, 0.15) is 30.3 Å². The Morgan fingerprint density at radius 1 is 1.48 bits per heavy atom. The highest BCUT2D eigenvalue weighted by Crippen LogP contribution is 2.29. The smallest absolute Gasteiger partial charge is 0.267 e. The Kier molecular flexibility index (Phi) is 6.64. The molecule has 0 spiro atoms. The zero-order valence-corrected chi connectivity index (χ0v) is 15.3. The van der Waals surface area contributed by atoms with Crippen molar-refractivity contribution in [2.24, 2.45) is 18.7 Å². The normalized spacial score (nSPS) is 22.4. The van der Waals surface area contributed by atoms with Gasteiger partial charge in [-0.05, 0) is 24.8 Å². The number of hydrogen-bond acceptors (Lipinski definition) is 4. The average Bonchev–Trinajstić information content (AvgIpc) is 2.89. The number of amides is 1. The van der Waals surface area contributed by atoms with Crippen molar-refractivity contribution >= 4 is 28.3 Å². The Morgan fingerprint density at radius 2 is 2.13 bits per heavy atom. The zero-order valence-electron chi connectivity index (χ0n) is 13.7. The van der Waals surface area contributed by atoms with Crippen LogP contribution in [0, 0.1) is 5.92 Å². The monoisotopic (exact) mass is 364 g/mol. The fourth-order valence-electron chi connectivity index (χ4n) is 3.02. The summed E-state index contributed by atoms with van der Waals surface area (Å²) in [5.74, 6) is -0.0815. The molecule has 2 heterocycles. The Bertz CT molecular complexity index is 659. The van der Waals surface area contributed by atoms with Gasteiger partial charge in [-0.3, -0.25) is 4.79 Å². The van der Waals surface area contributed by atoms with Gasteiger partial charge in [-0.1, -0.05) is 6.92 Å². The third kappa shape index (κ3) is 3.71. The SMILES string of the molecule is CNC(=O)c1cc(S(=O)(=O)N2CCCC(C)C2CN)cn1C.Cl. The number of piperidine rings is 1. The van der Waals surface area contributed by atoms with Crippen molar-refractivity contribution in [3.8, 4) is 0 Å². The van der Waals surface area contributed by atoms with E-state index in [0.717, 1.165) is 12.8 Å². The van der Waals surface area contributed by atoms with E-state index >= 15 is 0 Å². The largest absolute Gasteiger partial charge is 0.354 e. The van der Waals surface area contributed by atoms with E-state index in [1.54, 1.807) is 7.05 Å². The summed E-state index contributed by atoms with van der Waals surface area (Å²) in [6.45, 7) is 2.80. The number of aromatic nitrogens is 1. The Morgan fingerprint density at radius 3 is 2.70 bits per heavy atom. The molecular weight excluding hydrogens is 340 g/mol. The number of nitrogens with two attached hydrogens (primary N) is 1. The fourth-order valence-corrected chi connectivity index (χ4v) is 4.87. The quantitative estimate of drug-likeness (QED) is 0.815. The predicted molar refractivity (Wildman–Crippen MR) is 91.2 cm³/mol. The molecule has 2 unspecified atom stereocenters. The van der Waals surface area contributed by atoms with Gasteiger partial charge in [0.1, 0.15) is 10.6 Å². The van der Waals surface area contributed by atoms with E-state index in [1.165, 1.54) is 28.2 Å². The Hall–Kier alpha value is -1.09. The number of carbonyl (C=O) groups is 1. The summed E-state index contributed by atoms with van der Waals surface area (Å²) in [4.78, 5) is 11.9. The molecule has 1 aromatic rings. The first-order valence-corrected chi connectivity index (χ1v) is 8.87. The van der Waals surface area contributed by atoms with E-state index in [4.69, 9.17) is 5.73 Å². The molecule has 1 amide bonds. The lowest BCUT2D eigenvalue weighted by Gasteiger charge is -2.38. The molecule has 3 N–H and O–H groups in total. The summed E-state index contributed by atoms with van der Waals surface area (Å²) in [7, 11) is -0.477. The maximum Gasteiger partial charge on any atom is 0.267 e. The molecule has 132 valence electrons. The van der Waals surface area contributed by atoms with Crippen LogP contribution >= 0.6 is 12.4 Å². The van der Waals surface area contributed by atoms with Crippen LogP contribution in [-0.4, -0.2) is 49.4 Å². The molecule has 2 rings (SSSR count). The first-order valence-electron chi connectivity index (χ1n) is 7.43.